The molecule has 470 valence electrons. The van der Waals surface area contributed by atoms with Crippen molar-refractivity contribution in [3.05, 3.63) is 76.8 Å². The van der Waals surface area contributed by atoms with Crippen molar-refractivity contribution in [3.8, 4) is 17.6 Å². The van der Waals surface area contributed by atoms with E-state index in [-0.39, 0.29) is 125 Å². The zero-order valence-corrected chi connectivity index (χ0v) is 51.4. The summed E-state index contributed by atoms with van der Waals surface area (Å²) >= 11 is 0. The minimum Gasteiger partial charge on any atom is -0.508 e. The van der Waals surface area contributed by atoms with Crippen LogP contribution in [0, 0.1) is 99.6 Å². The molecule has 86 heavy (non-hydrogen) atoms. The van der Waals surface area contributed by atoms with E-state index in [2.05, 4.69) is 40.1 Å². The number of hydrogen-bond acceptors (Lipinski definition) is 17. The third-order valence-electron chi connectivity index (χ3n) is 23.3. The van der Waals surface area contributed by atoms with Crippen molar-refractivity contribution in [1.82, 2.24) is 10.3 Å². The van der Waals surface area contributed by atoms with Gasteiger partial charge in [0.15, 0.2) is 23.8 Å². The van der Waals surface area contributed by atoms with Crippen LogP contribution >= 0.6 is 21.6 Å². The number of ketones is 2. The van der Waals surface area contributed by atoms with Crippen molar-refractivity contribution >= 4 is 45.1 Å². The molecule has 20 heteroatoms. The summed E-state index contributed by atoms with van der Waals surface area (Å²) < 4.78 is 5.97. The largest absolute Gasteiger partial charge is 0.508 e. The summed E-state index contributed by atoms with van der Waals surface area (Å²) in [6, 6.07) is 8.62. The average molecular weight is 1230 g/mol. The molecule has 2 aliphatic heterocycles. The summed E-state index contributed by atoms with van der Waals surface area (Å²) in [6.07, 6.45) is 4.34. The molecular formula is C66H91N5O13S2. The fourth-order valence-electron chi connectivity index (χ4n) is 19.4. The molecule has 6 fully saturated rings. The lowest BCUT2D eigenvalue weighted by Gasteiger charge is -2.63. The Hall–Kier alpha value is -4.40. The molecule has 2 saturated heterocycles. The molecular weight excluding hydrogens is 1130 g/mol. The van der Waals surface area contributed by atoms with E-state index in [0.717, 1.165) is 30.4 Å². The number of phenols is 1. The number of aliphatic imine (C=N–C) groups is 1. The summed E-state index contributed by atoms with van der Waals surface area (Å²) in [6.45, 7) is 5.33. The summed E-state index contributed by atoms with van der Waals surface area (Å²) in [5, 5.41) is 114. The summed E-state index contributed by atoms with van der Waals surface area (Å²) in [4.78, 5) is 52.4. The Morgan fingerprint density at radius 1 is 0.919 bits per heavy atom. The maximum Gasteiger partial charge on any atom is 0.313 e. The second-order valence-corrected chi connectivity index (χ2v) is 30.5. The van der Waals surface area contributed by atoms with Crippen LogP contribution in [0.4, 0.5) is 0 Å². The first-order valence-corrected chi connectivity index (χ1v) is 34.1. The maximum atomic E-state index is 16.2. The number of carbonyl (C=O) groups is 3. The second kappa shape index (κ2) is 25.1. The highest BCUT2D eigenvalue weighted by molar-refractivity contribution is 8.76. The van der Waals surface area contributed by atoms with Crippen molar-refractivity contribution in [3.63, 3.8) is 0 Å². The Labute approximate surface area is 512 Å². The number of aliphatic hydroxyl groups excluding tert-OH is 5. The molecule has 7 aliphatic carbocycles. The molecule has 0 radical (unpaired) electrons. The number of nitrogens with zero attached hydrogens (tertiary/aromatic N) is 1. The van der Waals surface area contributed by atoms with Gasteiger partial charge in [-0.25, -0.2) is 0 Å². The van der Waals surface area contributed by atoms with Crippen LogP contribution in [0.2, 0.25) is 0 Å². The van der Waals surface area contributed by atoms with Gasteiger partial charge in [0.05, 0.1) is 54.3 Å². The maximum absolute atomic E-state index is 16.2. The van der Waals surface area contributed by atoms with Gasteiger partial charge in [0.2, 0.25) is 0 Å². The van der Waals surface area contributed by atoms with Gasteiger partial charge in [0.1, 0.15) is 5.75 Å². The van der Waals surface area contributed by atoms with E-state index in [1.165, 1.54) is 27.2 Å². The summed E-state index contributed by atoms with van der Waals surface area (Å²) in [7, 11) is 3.00. The number of hydrogen-bond donors (Lipinski definition) is 13. The van der Waals surface area contributed by atoms with E-state index >= 15 is 4.79 Å². The van der Waals surface area contributed by atoms with E-state index in [0.29, 0.717) is 42.3 Å². The van der Waals surface area contributed by atoms with Gasteiger partial charge in [0, 0.05) is 96.2 Å². The number of H-pyrrole nitrogens is 1. The molecule has 2 aromatic rings. The van der Waals surface area contributed by atoms with Gasteiger partial charge >= 0.3 is 5.97 Å². The lowest BCUT2D eigenvalue weighted by molar-refractivity contribution is -0.201. The molecule has 1 aromatic heterocycles. The minimum atomic E-state index is -2.14. The van der Waals surface area contributed by atoms with Crippen molar-refractivity contribution in [2.24, 2.45) is 104 Å². The van der Waals surface area contributed by atoms with Crippen LogP contribution in [0.25, 0.3) is 0 Å². The van der Waals surface area contributed by atoms with E-state index in [9.17, 15) is 55.5 Å². The molecule has 1 aromatic carbocycles. The molecule has 22 atom stereocenters. The number of nitrogens with one attached hydrogen (secondary N) is 2. The first-order chi connectivity index (χ1) is 41.0. The number of esters is 1. The van der Waals surface area contributed by atoms with Crippen molar-refractivity contribution < 1.29 is 65.1 Å². The first-order valence-electron chi connectivity index (χ1n) is 31.6. The van der Waals surface area contributed by atoms with Gasteiger partial charge in [-0.3, -0.25) is 19.4 Å². The van der Waals surface area contributed by atoms with Crippen LogP contribution in [0.1, 0.15) is 134 Å². The Kier molecular flexibility index (Phi) is 18.4. The van der Waals surface area contributed by atoms with Crippen molar-refractivity contribution in [2.75, 3.05) is 37.8 Å². The number of cyclic esters (lactones) is 1. The van der Waals surface area contributed by atoms with Gasteiger partial charge in [-0.05, 0) is 166 Å². The lowest BCUT2D eigenvalue weighted by Crippen LogP contribution is -2.67. The van der Waals surface area contributed by atoms with Gasteiger partial charge in [-0.15, -0.1) is 0 Å². The van der Waals surface area contributed by atoms with E-state index in [1.807, 2.05) is 19.2 Å². The van der Waals surface area contributed by atoms with Crippen molar-refractivity contribution in [1.29, 1.82) is 0 Å². The molecule has 0 amide bonds. The van der Waals surface area contributed by atoms with Crippen LogP contribution < -0.4 is 16.8 Å². The van der Waals surface area contributed by atoms with Crippen molar-refractivity contribution in [2.45, 2.75) is 158 Å². The van der Waals surface area contributed by atoms with E-state index in [4.69, 9.17) is 16.2 Å². The molecule has 4 saturated carbocycles. The molecule has 22 unspecified atom stereocenters. The Balaban J connectivity index is 1.12. The van der Waals surface area contributed by atoms with Crippen LogP contribution in [0.15, 0.2) is 70.6 Å². The number of benzene rings is 1. The highest BCUT2D eigenvalue weighted by atomic mass is 33.1. The molecule has 15 N–H and O–H groups in total. The average Bonchev–Trinajstić information content (AvgIpc) is 1.36. The molecule has 3 heterocycles. The monoisotopic (exact) mass is 1230 g/mol. The number of aromatic nitrogens is 1. The highest BCUT2D eigenvalue weighted by Gasteiger charge is 2.75. The number of carbonyl (C=O) groups excluding carboxylic acids is 3. The summed E-state index contributed by atoms with van der Waals surface area (Å²) in [5.74, 6) is -0.546. The normalized spacial score (nSPS) is 42.7. The van der Waals surface area contributed by atoms with E-state index < -0.39 is 118 Å². The fraction of sp³-hybridized carbons (Fsp3) is 0.697. The number of aliphatic hydroxyl groups is 8. The van der Waals surface area contributed by atoms with Gasteiger partial charge < -0.3 is 72.5 Å². The molecule has 18 nitrogen and oxygen atoms in total. The zero-order valence-electron chi connectivity index (χ0n) is 49.8. The summed E-state index contributed by atoms with van der Waals surface area (Å²) in [5.41, 5.74) is 8.76. The van der Waals surface area contributed by atoms with E-state index in [1.54, 1.807) is 37.4 Å². The number of rotatable bonds is 10. The smallest absolute Gasteiger partial charge is 0.313 e. The highest BCUT2D eigenvalue weighted by Crippen LogP contribution is 2.73. The number of allylic oxidation sites excluding steroid dienone is 3. The second-order valence-electron chi connectivity index (χ2n) is 27.9. The Morgan fingerprint density at radius 3 is 2.41 bits per heavy atom. The van der Waals surface area contributed by atoms with Gasteiger partial charge in [-0.1, -0.05) is 71.1 Å². The SMILES string of the molecule is CC1CCC2=CCC3C(C(O)O)CC(O)C(C)(O)C4C(CC5(O)C6=C7NCC(=O)CC(c8ccc(O)cc8)CSSCC8C(O)C(O)CC(C)(C6CCC45CCN=C(N)N)C8C7=O)C(CCCO)C#CC(C4COC(=O)C4c4cc[nH]c4)CC3C2C1. The first kappa shape index (κ1) is 63.2. The van der Waals surface area contributed by atoms with Crippen LogP contribution in [0.3, 0.4) is 0 Å². The predicted octanol–water partition coefficient (Wildman–Crippen LogP) is 5.17. The molecule has 9 aliphatic rings. The number of ether oxygens (including phenoxy) is 1. The van der Waals surface area contributed by atoms with Crippen LogP contribution in [-0.2, 0) is 19.1 Å². The number of guanidine groups is 1. The minimum absolute atomic E-state index is 0.0230. The Bertz CT molecular complexity index is 2980. The van der Waals surface area contributed by atoms with Gasteiger partial charge in [0.25, 0.3) is 0 Å². The van der Waals surface area contributed by atoms with Crippen LogP contribution in [-0.4, -0.2) is 148 Å². The number of nitrogens with two attached hydrogens (primary N) is 2. The third kappa shape index (κ3) is 11.3. The molecule has 2 bridgehead atoms. The van der Waals surface area contributed by atoms with Gasteiger partial charge in [-0.2, -0.15) is 0 Å². The quantitative estimate of drug-likeness (QED) is 0.0277. The number of phenolic OH excluding ortho intramolecular Hbond substituents is 1. The number of aromatic hydroxyl groups is 1. The molecule has 11 rings (SSSR count). The lowest BCUT2D eigenvalue weighted by atomic mass is 9.43. The number of fused-ring (bicyclic) bond motifs is 10. The number of Topliss-reactive ketones (excluding diaryl/α,β-unsaturated/α-hetero) is 2. The fourth-order valence-corrected chi connectivity index (χ4v) is 22.1. The molecule has 0 spiro atoms. The standard InChI is InChI=1S/C66H91N5O13S2/c1-34-6-7-37-12-15-43-45(44(37)23-34)25-38(48-31-84-61(81)53(48)39-17-20-69-29-39)9-8-36(5-4-22-72)47-27-66(83)55-50(16-18-65(66,19-21-70-62(67)68)59(47)64(3,82)52(76)26-46(43)60(79)80)63(2)28-51(75)57(77)49-33-86-85-32-40(35-10-13-41(73)14-11-35)24-42(74)30-71-56(55)58(78)54(49)63/h10-14,17,20,29,34,36,38,40,43-54,57,59-60,69,71-73,75-77,79-80,82-83H,4-7,15-16,18-19,21-28,30-33H2,1-3H3,(H4,67,68,70). The topological polar surface area (TPSA) is 335 Å². The third-order valence-corrected chi connectivity index (χ3v) is 25.9. The zero-order chi connectivity index (χ0) is 61.2. The predicted molar refractivity (Wildman–Crippen MR) is 327 cm³/mol. The van der Waals surface area contributed by atoms with Crippen LogP contribution in [0.5, 0.6) is 5.75 Å². The Morgan fingerprint density at radius 2 is 1.69 bits per heavy atom. The number of aromatic amines is 1.